The summed E-state index contributed by atoms with van der Waals surface area (Å²) in [4.78, 5) is 18.1. The Morgan fingerprint density at radius 1 is 1.07 bits per heavy atom. The molecule has 0 aliphatic rings. The Morgan fingerprint density at radius 3 is 2.59 bits per heavy atom. The Labute approximate surface area is 157 Å². The molecule has 4 rings (SSSR count). The van der Waals surface area contributed by atoms with Crippen molar-refractivity contribution in [2.45, 2.75) is 20.3 Å². The van der Waals surface area contributed by atoms with Crippen LogP contribution >= 0.6 is 0 Å². The lowest BCUT2D eigenvalue weighted by atomic mass is 10.0. The number of nitrogens with zero attached hydrogens (tertiary/aromatic N) is 6. The van der Waals surface area contributed by atoms with Crippen molar-refractivity contribution in [3.8, 4) is 22.5 Å². The third kappa shape index (κ3) is 3.23. The smallest absolute Gasteiger partial charge is 0.222 e. The molecule has 0 saturated heterocycles. The molecule has 0 bridgehead atoms. The largest absolute Gasteiger partial charge is 0.354 e. The third-order valence-electron chi connectivity index (χ3n) is 4.51. The number of aryl methyl sites for hydroxylation is 2. The SMILES string of the molecule is CCCNc1ncc(-c2cc(-c3ccccn3)c3c(C)n(C)nc3n2)cn1. The van der Waals surface area contributed by atoms with Gasteiger partial charge in [-0.2, -0.15) is 5.10 Å². The summed E-state index contributed by atoms with van der Waals surface area (Å²) in [5.41, 5.74) is 5.28. The molecule has 0 unspecified atom stereocenters. The molecule has 0 amide bonds. The Morgan fingerprint density at radius 2 is 1.89 bits per heavy atom. The van der Waals surface area contributed by atoms with Crippen molar-refractivity contribution in [3.05, 3.63) is 48.5 Å². The van der Waals surface area contributed by atoms with E-state index in [0.717, 1.165) is 46.6 Å². The standard InChI is InChI=1S/C20H21N7/c1-4-8-22-20-23-11-14(12-24-20)17-10-15(16-7-5-6-9-21-16)18-13(2)27(3)26-19(18)25-17/h5-7,9-12H,4,8H2,1-3H3,(H,22,23,24). The molecule has 0 aliphatic heterocycles. The Kier molecular flexibility index (Phi) is 4.50. The lowest BCUT2D eigenvalue weighted by molar-refractivity contribution is 0.748. The van der Waals surface area contributed by atoms with Crippen LogP contribution in [0.25, 0.3) is 33.5 Å². The lowest BCUT2D eigenvalue weighted by Crippen LogP contribution is -2.03. The van der Waals surface area contributed by atoms with Crippen molar-refractivity contribution in [1.82, 2.24) is 29.7 Å². The van der Waals surface area contributed by atoms with Crippen molar-refractivity contribution in [3.63, 3.8) is 0 Å². The van der Waals surface area contributed by atoms with Gasteiger partial charge in [0.25, 0.3) is 0 Å². The fourth-order valence-corrected chi connectivity index (χ4v) is 3.00. The van der Waals surface area contributed by atoms with E-state index in [4.69, 9.17) is 4.98 Å². The van der Waals surface area contributed by atoms with E-state index < -0.39 is 0 Å². The highest BCUT2D eigenvalue weighted by Gasteiger charge is 2.16. The van der Waals surface area contributed by atoms with E-state index >= 15 is 0 Å². The monoisotopic (exact) mass is 359 g/mol. The second-order valence-electron chi connectivity index (χ2n) is 6.40. The zero-order valence-corrected chi connectivity index (χ0v) is 15.6. The summed E-state index contributed by atoms with van der Waals surface area (Å²) in [5.74, 6) is 0.625. The highest BCUT2D eigenvalue weighted by Crippen LogP contribution is 2.32. The first-order valence-corrected chi connectivity index (χ1v) is 8.99. The molecular weight excluding hydrogens is 338 g/mol. The van der Waals surface area contributed by atoms with Gasteiger partial charge in [0.2, 0.25) is 5.95 Å². The molecule has 0 fully saturated rings. The molecule has 1 N–H and O–H groups in total. The van der Waals surface area contributed by atoms with E-state index in [1.165, 1.54) is 0 Å². The fraction of sp³-hybridized carbons (Fsp3) is 0.250. The number of hydrogen-bond donors (Lipinski definition) is 1. The van der Waals surface area contributed by atoms with Gasteiger partial charge in [0.15, 0.2) is 5.65 Å². The first-order chi connectivity index (χ1) is 13.2. The van der Waals surface area contributed by atoms with Crippen molar-refractivity contribution >= 4 is 17.0 Å². The number of hydrogen-bond acceptors (Lipinski definition) is 6. The molecule has 0 aromatic carbocycles. The molecule has 4 aromatic rings. The van der Waals surface area contributed by atoms with Gasteiger partial charge in [-0.1, -0.05) is 13.0 Å². The van der Waals surface area contributed by atoms with Gasteiger partial charge in [-0.15, -0.1) is 0 Å². The van der Waals surface area contributed by atoms with Gasteiger partial charge >= 0.3 is 0 Å². The highest BCUT2D eigenvalue weighted by atomic mass is 15.3. The average Bonchev–Trinajstić information content (AvgIpc) is 3.00. The van der Waals surface area contributed by atoms with Crippen molar-refractivity contribution in [2.75, 3.05) is 11.9 Å². The summed E-state index contributed by atoms with van der Waals surface area (Å²) < 4.78 is 1.85. The fourth-order valence-electron chi connectivity index (χ4n) is 3.00. The number of aromatic nitrogens is 6. The topological polar surface area (TPSA) is 81.4 Å². The molecule has 4 heterocycles. The molecular formula is C20H21N7. The highest BCUT2D eigenvalue weighted by molar-refractivity contribution is 5.95. The minimum absolute atomic E-state index is 0.625. The van der Waals surface area contributed by atoms with Gasteiger partial charge in [0.05, 0.1) is 16.8 Å². The Balaban J connectivity index is 1.85. The van der Waals surface area contributed by atoms with Gasteiger partial charge in [-0.3, -0.25) is 9.67 Å². The first-order valence-electron chi connectivity index (χ1n) is 8.99. The molecule has 7 nitrogen and oxygen atoms in total. The second-order valence-corrected chi connectivity index (χ2v) is 6.40. The number of fused-ring (bicyclic) bond motifs is 1. The Hall–Kier alpha value is -3.35. The van der Waals surface area contributed by atoms with Gasteiger partial charge in [0.1, 0.15) is 0 Å². The second kappa shape index (κ2) is 7.11. The zero-order chi connectivity index (χ0) is 18.8. The van der Waals surface area contributed by atoms with E-state index in [1.807, 2.05) is 42.9 Å². The number of rotatable bonds is 5. The van der Waals surface area contributed by atoms with Gasteiger partial charge in [-0.05, 0) is 31.5 Å². The van der Waals surface area contributed by atoms with Crippen LogP contribution in [0.15, 0.2) is 42.9 Å². The first kappa shape index (κ1) is 17.1. The number of nitrogens with one attached hydrogen (secondary N) is 1. The maximum atomic E-state index is 4.74. The van der Waals surface area contributed by atoms with Crippen LogP contribution in [-0.2, 0) is 7.05 Å². The summed E-state index contributed by atoms with van der Waals surface area (Å²) in [6, 6.07) is 7.93. The van der Waals surface area contributed by atoms with Crippen LogP contribution in [0.5, 0.6) is 0 Å². The van der Waals surface area contributed by atoms with Gasteiger partial charge in [0, 0.05) is 49.0 Å². The van der Waals surface area contributed by atoms with Crippen LogP contribution < -0.4 is 5.32 Å². The molecule has 0 saturated carbocycles. The van der Waals surface area contributed by atoms with Crippen LogP contribution in [0.1, 0.15) is 19.0 Å². The molecule has 0 aliphatic carbocycles. The van der Waals surface area contributed by atoms with Crippen LogP contribution in [-0.4, -0.2) is 36.3 Å². The summed E-state index contributed by atoms with van der Waals surface area (Å²) in [6.07, 6.45) is 6.40. The number of pyridine rings is 2. The molecule has 4 aromatic heterocycles. The molecule has 0 radical (unpaired) electrons. The van der Waals surface area contributed by atoms with Crippen LogP contribution in [0.2, 0.25) is 0 Å². The normalized spacial score (nSPS) is 11.1. The quantitative estimate of drug-likeness (QED) is 0.586. The van der Waals surface area contributed by atoms with E-state index in [9.17, 15) is 0 Å². The number of anilines is 1. The predicted molar refractivity (Wildman–Crippen MR) is 106 cm³/mol. The summed E-state index contributed by atoms with van der Waals surface area (Å²) in [5, 5.41) is 8.77. The minimum atomic E-state index is 0.625. The van der Waals surface area contributed by atoms with E-state index in [-0.39, 0.29) is 0 Å². The van der Waals surface area contributed by atoms with Crippen molar-refractivity contribution < 1.29 is 0 Å². The molecule has 27 heavy (non-hydrogen) atoms. The molecule has 0 atom stereocenters. The zero-order valence-electron chi connectivity index (χ0n) is 15.6. The van der Waals surface area contributed by atoms with E-state index in [1.54, 1.807) is 18.6 Å². The summed E-state index contributed by atoms with van der Waals surface area (Å²) >= 11 is 0. The van der Waals surface area contributed by atoms with E-state index in [0.29, 0.717) is 11.6 Å². The predicted octanol–water partition coefficient (Wildman–Crippen LogP) is 3.62. The average molecular weight is 359 g/mol. The van der Waals surface area contributed by atoms with E-state index in [2.05, 4.69) is 32.3 Å². The molecule has 0 spiro atoms. The summed E-state index contributed by atoms with van der Waals surface area (Å²) in [7, 11) is 1.93. The Bertz CT molecular complexity index is 1070. The summed E-state index contributed by atoms with van der Waals surface area (Å²) in [6.45, 7) is 5.00. The van der Waals surface area contributed by atoms with Gasteiger partial charge in [-0.25, -0.2) is 15.0 Å². The molecule has 136 valence electrons. The minimum Gasteiger partial charge on any atom is -0.354 e. The van der Waals surface area contributed by atoms with Crippen molar-refractivity contribution in [2.24, 2.45) is 7.05 Å². The maximum Gasteiger partial charge on any atom is 0.222 e. The maximum absolute atomic E-state index is 4.74. The van der Waals surface area contributed by atoms with Crippen LogP contribution in [0, 0.1) is 6.92 Å². The van der Waals surface area contributed by atoms with Gasteiger partial charge < -0.3 is 5.32 Å². The third-order valence-corrected chi connectivity index (χ3v) is 4.51. The molecule has 7 heteroatoms. The van der Waals surface area contributed by atoms with Crippen LogP contribution in [0.4, 0.5) is 5.95 Å². The lowest BCUT2D eigenvalue weighted by Gasteiger charge is -2.08. The van der Waals surface area contributed by atoms with Crippen molar-refractivity contribution in [1.29, 1.82) is 0 Å². The van der Waals surface area contributed by atoms with Crippen LogP contribution in [0.3, 0.4) is 0 Å².